The third-order valence-electron chi connectivity index (χ3n) is 5.13. The van der Waals surface area contributed by atoms with Crippen molar-refractivity contribution in [2.75, 3.05) is 5.32 Å². The van der Waals surface area contributed by atoms with E-state index < -0.39 is 0 Å². The van der Waals surface area contributed by atoms with Gasteiger partial charge in [0.05, 0.1) is 6.20 Å². The topological polar surface area (TPSA) is 71.7 Å². The fourth-order valence-electron chi connectivity index (χ4n) is 3.75. The highest BCUT2D eigenvalue weighted by Gasteiger charge is 2.23. The molecule has 2 aromatic carbocycles. The number of aromatic nitrogens is 3. The summed E-state index contributed by atoms with van der Waals surface area (Å²) in [6.07, 6.45) is 6.80. The molecule has 0 fully saturated rings. The van der Waals surface area contributed by atoms with Crippen LogP contribution in [0.15, 0.2) is 66.2 Å². The van der Waals surface area contributed by atoms with E-state index in [9.17, 15) is 9.30 Å². The van der Waals surface area contributed by atoms with E-state index in [-0.39, 0.29) is 11.9 Å². The Morgan fingerprint density at radius 2 is 2.04 bits per heavy atom. The third-order valence-corrected chi connectivity index (χ3v) is 5.13. The summed E-state index contributed by atoms with van der Waals surface area (Å²) in [5.74, 6) is 0.479. The number of rotatable bonds is 4. The Morgan fingerprint density at radius 1 is 1.18 bits per heavy atom. The maximum Gasteiger partial charge on any atom is 0.157 e. The van der Waals surface area contributed by atoms with Crippen molar-refractivity contribution >= 4 is 17.2 Å². The summed E-state index contributed by atoms with van der Waals surface area (Å²) < 4.78 is 15.3. The molecule has 0 spiro atoms. The van der Waals surface area contributed by atoms with E-state index >= 15 is 0 Å². The van der Waals surface area contributed by atoms with Gasteiger partial charge in [-0.2, -0.15) is 4.91 Å². The molecule has 1 unspecified atom stereocenters. The maximum atomic E-state index is 13.4. The monoisotopic (exact) mass is 373 g/mol. The van der Waals surface area contributed by atoms with E-state index in [0.29, 0.717) is 11.3 Å². The van der Waals surface area contributed by atoms with E-state index in [1.807, 2.05) is 22.7 Å². The van der Waals surface area contributed by atoms with Crippen molar-refractivity contribution in [2.45, 2.75) is 18.9 Å². The van der Waals surface area contributed by atoms with Crippen LogP contribution in [0, 0.1) is 10.7 Å². The average Bonchev–Trinajstić information content (AvgIpc) is 3.30. The van der Waals surface area contributed by atoms with Crippen LogP contribution in [-0.4, -0.2) is 14.4 Å². The predicted octanol–water partition coefficient (Wildman–Crippen LogP) is 5.03. The number of aryl methyl sites for hydroxylation is 1. The summed E-state index contributed by atoms with van der Waals surface area (Å²) in [6.45, 7) is 0. The number of hydrogen-bond acceptors (Lipinski definition) is 5. The van der Waals surface area contributed by atoms with Crippen LogP contribution in [0.4, 0.5) is 15.9 Å². The van der Waals surface area contributed by atoms with Crippen molar-refractivity contribution in [1.82, 2.24) is 14.4 Å². The number of nitroso groups, excluding NO2 is 1. The number of fused-ring (bicyclic) bond motifs is 2. The molecule has 1 aliphatic carbocycles. The van der Waals surface area contributed by atoms with E-state index in [1.165, 1.54) is 12.1 Å². The summed E-state index contributed by atoms with van der Waals surface area (Å²) in [6, 6.07) is 12.0. The highest BCUT2D eigenvalue weighted by molar-refractivity contribution is 5.79. The molecule has 0 radical (unpaired) electrons. The van der Waals surface area contributed by atoms with E-state index in [2.05, 4.69) is 26.5 Å². The van der Waals surface area contributed by atoms with Gasteiger partial charge in [-0.25, -0.2) is 9.37 Å². The zero-order chi connectivity index (χ0) is 19.1. The minimum absolute atomic E-state index is 0.249. The molecular formula is C21H16FN5O. The molecule has 138 valence electrons. The van der Waals surface area contributed by atoms with Crippen molar-refractivity contribution in [3.8, 4) is 11.3 Å². The summed E-state index contributed by atoms with van der Waals surface area (Å²) in [7, 11) is 0. The Hall–Kier alpha value is -3.61. The lowest BCUT2D eigenvalue weighted by molar-refractivity contribution is 0.628. The van der Waals surface area contributed by atoms with Crippen LogP contribution in [0.1, 0.15) is 23.6 Å². The van der Waals surface area contributed by atoms with E-state index in [0.717, 1.165) is 41.0 Å². The first-order valence-electron chi connectivity index (χ1n) is 9.03. The number of nitrogens with one attached hydrogen (secondary N) is 1. The fraction of sp³-hybridized carbons (Fsp3) is 0.143. The molecule has 0 saturated heterocycles. The van der Waals surface area contributed by atoms with Crippen LogP contribution in [-0.2, 0) is 6.42 Å². The number of hydrogen-bond donors (Lipinski definition) is 1. The quantitative estimate of drug-likeness (QED) is 0.509. The van der Waals surface area contributed by atoms with Gasteiger partial charge >= 0.3 is 0 Å². The molecule has 2 aromatic heterocycles. The highest BCUT2D eigenvalue weighted by atomic mass is 19.1. The van der Waals surface area contributed by atoms with Crippen molar-refractivity contribution in [3.63, 3.8) is 0 Å². The standard InChI is InChI=1S/C21H16FN5O/c22-15-4-1-13(2-5-15)20-21(27-10-9-23-12-19(27)25-20)24-16-6-7-17-14(11-16)3-8-18(17)26-28/h1-2,4-7,9-12,18,24H,3,8H2. The molecule has 2 heterocycles. The largest absolute Gasteiger partial charge is 0.339 e. The second-order valence-electron chi connectivity index (χ2n) is 6.82. The molecule has 4 aromatic rings. The number of benzene rings is 2. The first kappa shape index (κ1) is 16.6. The molecule has 1 atom stereocenters. The fourth-order valence-corrected chi connectivity index (χ4v) is 3.75. The van der Waals surface area contributed by atoms with Gasteiger partial charge in [0.2, 0.25) is 0 Å². The Balaban J connectivity index is 1.60. The zero-order valence-corrected chi connectivity index (χ0v) is 14.8. The van der Waals surface area contributed by atoms with Crippen LogP contribution in [0.5, 0.6) is 0 Å². The van der Waals surface area contributed by atoms with Crippen molar-refractivity contribution in [1.29, 1.82) is 0 Å². The molecule has 0 aliphatic heterocycles. The lowest BCUT2D eigenvalue weighted by Crippen LogP contribution is -1.98. The molecule has 1 N–H and O–H groups in total. The lowest BCUT2D eigenvalue weighted by Gasteiger charge is -2.11. The second-order valence-corrected chi connectivity index (χ2v) is 6.82. The minimum atomic E-state index is -0.291. The van der Waals surface area contributed by atoms with E-state index in [4.69, 9.17) is 0 Å². The predicted molar refractivity (Wildman–Crippen MR) is 105 cm³/mol. The molecule has 6 nitrogen and oxygen atoms in total. The molecule has 28 heavy (non-hydrogen) atoms. The number of imidazole rings is 1. The van der Waals surface area contributed by atoms with Crippen LogP contribution >= 0.6 is 0 Å². The molecule has 0 saturated carbocycles. The maximum absolute atomic E-state index is 13.4. The lowest BCUT2D eigenvalue weighted by atomic mass is 10.1. The van der Waals surface area contributed by atoms with Gasteiger partial charge in [-0.05, 0) is 60.4 Å². The summed E-state index contributed by atoms with van der Waals surface area (Å²) >= 11 is 0. The van der Waals surface area contributed by atoms with Crippen LogP contribution in [0.3, 0.4) is 0 Å². The Kier molecular flexibility index (Phi) is 3.86. The van der Waals surface area contributed by atoms with Gasteiger partial charge in [0.1, 0.15) is 23.4 Å². The SMILES string of the molecule is O=NC1CCc2cc(Nc3c(-c4ccc(F)cc4)nc4cnccn34)ccc21. The van der Waals surface area contributed by atoms with Gasteiger partial charge in [-0.1, -0.05) is 11.2 Å². The van der Waals surface area contributed by atoms with Crippen molar-refractivity contribution in [2.24, 2.45) is 5.18 Å². The summed E-state index contributed by atoms with van der Waals surface area (Å²) in [5.41, 5.74) is 5.23. The van der Waals surface area contributed by atoms with Gasteiger partial charge in [0.25, 0.3) is 0 Å². The van der Waals surface area contributed by atoms with Gasteiger partial charge in [0, 0.05) is 23.6 Å². The Morgan fingerprint density at radius 3 is 2.86 bits per heavy atom. The summed E-state index contributed by atoms with van der Waals surface area (Å²) in [5, 5.41) is 6.66. The molecule has 5 rings (SSSR count). The minimum Gasteiger partial charge on any atom is -0.339 e. The Labute approximate surface area is 160 Å². The normalized spacial score (nSPS) is 15.5. The van der Waals surface area contributed by atoms with Crippen molar-refractivity contribution < 1.29 is 4.39 Å². The van der Waals surface area contributed by atoms with Crippen molar-refractivity contribution in [3.05, 3.63) is 82.9 Å². The number of halogens is 1. The highest BCUT2D eigenvalue weighted by Crippen LogP contribution is 2.37. The molecule has 0 amide bonds. The molecular weight excluding hydrogens is 357 g/mol. The first-order valence-corrected chi connectivity index (χ1v) is 9.03. The van der Waals surface area contributed by atoms with Crippen LogP contribution in [0.2, 0.25) is 0 Å². The molecule has 7 heteroatoms. The Bertz CT molecular complexity index is 1190. The first-order chi connectivity index (χ1) is 13.7. The van der Waals surface area contributed by atoms with Gasteiger partial charge < -0.3 is 5.32 Å². The zero-order valence-electron chi connectivity index (χ0n) is 14.8. The number of anilines is 2. The van der Waals surface area contributed by atoms with Crippen LogP contribution < -0.4 is 5.32 Å². The number of nitrogens with zero attached hydrogens (tertiary/aromatic N) is 4. The summed E-state index contributed by atoms with van der Waals surface area (Å²) in [4.78, 5) is 19.8. The smallest absolute Gasteiger partial charge is 0.157 e. The van der Waals surface area contributed by atoms with E-state index in [1.54, 1.807) is 24.5 Å². The van der Waals surface area contributed by atoms with Gasteiger partial charge in [0.15, 0.2) is 5.65 Å². The average molecular weight is 373 g/mol. The molecule has 0 bridgehead atoms. The molecule has 1 aliphatic rings. The van der Waals surface area contributed by atoms with Crippen LogP contribution in [0.25, 0.3) is 16.9 Å². The third kappa shape index (κ3) is 2.72. The second kappa shape index (κ2) is 6.53. The van der Waals surface area contributed by atoms with Gasteiger partial charge in [-0.15, -0.1) is 0 Å². The van der Waals surface area contributed by atoms with Gasteiger partial charge in [-0.3, -0.25) is 9.38 Å².